The molecule has 16 heavy (non-hydrogen) atoms. The smallest absolute Gasteiger partial charge is 0.322 e. The van der Waals surface area contributed by atoms with E-state index in [1.165, 1.54) is 12.1 Å². The molecule has 1 aromatic heterocycles. The summed E-state index contributed by atoms with van der Waals surface area (Å²) in [6.07, 6.45) is 0. The molecule has 1 heterocycles. The largest absolute Gasteiger partial charge is 0.424 e. The molecule has 0 aliphatic rings. The Morgan fingerprint density at radius 1 is 1.06 bits per heavy atom. The quantitative estimate of drug-likeness (QED) is 0.777. The van der Waals surface area contributed by atoms with Crippen molar-refractivity contribution >= 4 is 0 Å². The fourth-order valence-electron chi connectivity index (χ4n) is 1.38. The molecule has 2 aromatic rings. The van der Waals surface area contributed by atoms with Gasteiger partial charge in [0.25, 0.3) is 0 Å². The lowest BCUT2D eigenvalue weighted by atomic mass is 10.3. The highest BCUT2D eigenvalue weighted by molar-refractivity contribution is 5.25. The minimum Gasteiger partial charge on any atom is -0.424 e. The van der Waals surface area contributed by atoms with Gasteiger partial charge in [-0.25, -0.2) is 14.4 Å². The SMILES string of the molecule is Cc1cc(C)nc(Oc2cccc(F)c2)n1. The summed E-state index contributed by atoms with van der Waals surface area (Å²) < 4.78 is 18.3. The Balaban J connectivity index is 2.27. The summed E-state index contributed by atoms with van der Waals surface area (Å²) in [4.78, 5) is 8.21. The average molecular weight is 218 g/mol. The summed E-state index contributed by atoms with van der Waals surface area (Å²) in [5.74, 6) is 0.0480. The van der Waals surface area contributed by atoms with Crippen molar-refractivity contribution in [3.8, 4) is 11.8 Å². The third-order valence-electron chi connectivity index (χ3n) is 1.97. The molecule has 3 nitrogen and oxygen atoms in total. The fourth-order valence-corrected chi connectivity index (χ4v) is 1.38. The maximum atomic E-state index is 12.9. The van der Waals surface area contributed by atoms with Gasteiger partial charge in [-0.2, -0.15) is 0 Å². The molecule has 1 aromatic carbocycles. The Bertz CT molecular complexity index is 494. The first-order chi connectivity index (χ1) is 7.63. The maximum absolute atomic E-state index is 12.9. The zero-order chi connectivity index (χ0) is 11.5. The van der Waals surface area contributed by atoms with E-state index in [0.717, 1.165) is 11.4 Å². The van der Waals surface area contributed by atoms with Crippen molar-refractivity contribution in [2.24, 2.45) is 0 Å². The summed E-state index contributed by atoms with van der Waals surface area (Å²) >= 11 is 0. The Labute approximate surface area is 92.9 Å². The van der Waals surface area contributed by atoms with Crippen molar-refractivity contribution in [1.82, 2.24) is 9.97 Å². The van der Waals surface area contributed by atoms with E-state index in [9.17, 15) is 4.39 Å². The topological polar surface area (TPSA) is 35.0 Å². The molecule has 2 rings (SSSR count). The van der Waals surface area contributed by atoms with Crippen LogP contribution in [-0.2, 0) is 0 Å². The van der Waals surface area contributed by atoms with Gasteiger partial charge in [0.15, 0.2) is 0 Å². The molecule has 0 N–H and O–H groups in total. The van der Waals surface area contributed by atoms with Crippen molar-refractivity contribution in [2.45, 2.75) is 13.8 Å². The van der Waals surface area contributed by atoms with E-state index >= 15 is 0 Å². The second-order valence-electron chi connectivity index (χ2n) is 3.49. The first-order valence-corrected chi connectivity index (χ1v) is 4.89. The lowest BCUT2D eigenvalue weighted by Crippen LogP contribution is -1.95. The minimum atomic E-state index is -0.345. The monoisotopic (exact) mass is 218 g/mol. The highest BCUT2D eigenvalue weighted by atomic mass is 19.1. The van der Waals surface area contributed by atoms with Crippen LogP contribution < -0.4 is 4.74 Å². The number of benzene rings is 1. The predicted molar refractivity (Wildman–Crippen MR) is 58.0 cm³/mol. The Morgan fingerprint density at radius 2 is 1.75 bits per heavy atom. The van der Waals surface area contributed by atoms with Crippen LogP contribution >= 0.6 is 0 Å². The molecule has 0 spiro atoms. The maximum Gasteiger partial charge on any atom is 0.322 e. The predicted octanol–water partition coefficient (Wildman–Crippen LogP) is 3.02. The van der Waals surface area contributed by atoms with Gasteiger partial charge in [0, 0.05) is 17.5 Å². The first-order valence-electron chi connectivity index (χ1n) is 4.89. The molecule has 0 aliphatic carbocycles. The van der Waals surface area contributed by atoms with Gasteiger partial charge in [0.05, 0.1) is 0 Å². The van der Waals surface area contributed by atoms with E-state index in [0.29, 0.717) is 5.75 Å². The molecule has 4 heteroatoms. The Kier molecular flexibility index (Phi) is 2.81. The van der Waals surface area contributed by atoms with E-state index in [4.69, 9.17) is 4.74 Å². The average Bonchev–Trinajstić information content (AvgIpc) is 2.15. The number of halogens is 1. The number of hydrogen-bond donors (Lipinski definition) is 0. The van der Waals surface area contributed by atoms with Crippen molar-refractivity contribution in [2.75, 3.05) is 0 Å². The van der Waals surface area contributed by atoms with Crippen LogP contribution in [-0.4, -0.2) is 9.97 Å². The third-order valence-corrected chi connectivity index (χ3v) is 1.97. The molecule has 0 aliphatic heterocycles. The van der Waals surface area contributed by atoms with Crippen LogP contribution in [0, 0.1) is 19.7 Å². The van der Waals surface area contributed by atoms with Crippen molar-refractivity contribution in [3.63, 3.8) is 0 Å². The molecular weight excluding hydrogens is 207 g/mol. The molecule has 0 saturated carbocycles. The zero-order valence-corrected chi connectivity index (χ0v) is 9.07. The van der Waals surface area contributed by atoms with Gasteiger partial charge in [-0.3, -0.25) is 0 Å². The van der Waals surface area contributed by atoms with Gasteiger partial charge in [-0.05, 0) is 32.0 Å². The van der Waals surface area contributed by atoms with Gasteiger partial charge in [-0.15, -0.1) is 0 Å². The first kappa shape index (κ1) is 10.5. The standard InChI is InChI=1S/C12H11FN2O/c1-8-6-9(2)15-12(14-8)16-11-5-3-4-10(13)7-11/h3-7H,1-2H3. The van der Waals surface area contributed by atoms with Crippen molar-refractivity contribution in [3.05, 3.63) is 47.5 Å². The molecular formula is C12H11FN2O. The molecule has 0 saturated heterocycles. The second kappa shape index (κ2) is 4.26. The molecule has 0 atom stereocenters. The Morgan fingerprint density at radius 3 is 2.38 bits per heavy atom. The van der Waals surface area contributed by atoms with Crippen molar-refractivity contribution < 1.29 is 9.13 Å². The second-order valence-corrected chi connectivity index (χ2v) is 3.49. The highest BCUT2D eigenvalue weighted by Gasteiger charge is 2.03. The Hall–Kier alpha value is -1.97. The van der Waals surface area contributed by atoms with Crippen molar-refractivity contribution in [1.29, 1.82) is 0 Å². The number of nitrogens with zero attached hydrogens (tertiary/aromatic N) is 2. The number of rotatable bonds is 2. The summed E-state index contributed by atoms with van der Waals surface area (Å²) in [5, 5.41) is 0. The van der Waals surface area contributed by atoms with E-state index in [-0.39, 0.29) is 11.8 Å². The summed E-state index contributed by atoms with van der Waals surface area (Å²) in [5.41, 5.74) is 1.64. The summed E-state index contributed by atoms with van der Waals surface area (Å²) in [6.45, 7) is 3.71. The minimum absolute atomic E-state index is 0.239. The number of aromatic nitrogens is 2. The van der Waals surface area contributed by atoms with E-state index < -0.39 is 0 Å². The van der Waals surface area contributed by atoms with Crippen LogP contribution in [0.5, 0.6) is 11.8 Å². The fraction of sp³-hybridized carbons (Fsp3) is 0.167. The van der Waals surface area contributed by atoms with Crippen LogP contribution in [0.4, 0.5) is 4.39 Å². The molecule has 0 bridgehead atoms. The zero-order valence-electron chi connectivity index (χ0n) is 9.07. The number of ether oxygens (including phenoxy) is 1. The lowest BCUT2D eigenvalue weighted by molar-refractivity contribution is 0.435. The molecule has 0 amide bonds. The van der Waals surface area contributed by atoms with Gasteiger partial charge in [0.1, 0.15) is 11.6 Å². The van der Waals surface area contributed by atoms with E-state index in [2.05, 4.69) is 9.97 Å². The molecule has 0 unspecified atom stereocenters. The van der Waals surface area contributed by atoms with Crippen LogP contribution in [0.2, 0.25) is 0 Å². The van der Waals surface area contributed by atoms with Crippen LogP contribution in [0.1, 0.15) is 11.4 Å². The number of hydrogen-bond acceptors (Lipinski definition) is 3. The number of aryl methyl sites for hydroxylation is 2. The van der Waals surface area contributed by atoms with E-state index in [1.54, 1.807) is 12.1 Å². The molecule has 0 fully saturated rings. The van der Waals surface area contributed by atoms with Crippen LogP contribution in [0.25, 0.3) is 0 Å². The third kappa shape index (κ3) is 2.53. The van der Waals surface area contributed by atoms with Crippen LogP contribution in [0.15, 0.2) is 30.3 Å². The van der Waals surface area contributed by atoms with Gasteiger partial charge in [0.2, 0.25) is 0 Å². The van der Waals surface area contributed by atoms with Crippen LogP contribution in [0.3, 0.4) is 0 Å². The highest BCUT2D eigenvalue weighted by Crippen LogP contribution is 2.18. The van der Waals surface area contributed by atoms with E-state index in [1.807, 2.05) is 19.9 Å². The lowest BCUT2D eigenvalue weighted by Gasteiger charge is -2.05. The summed E-state index contributed by atoms with van der Waals surface area (Å²) in [7, 11) is 0. The van der Waals surface area contributed by atoms with Gasteiger partial charge >= 0.3 is 6.01 Å². The molecule has 82 valence electrons. The molecule has 0 radical (unpaired) electrons. The normalized spacial score (nSPS) is 10.2. The van der Waals surface area contributed by atoms with Gasteiger partial charge < -0.3 is 4.74 Å². The summed E-state index contributed by atoms with van der Waals surface area (Å²) in [6, 6.07) is 7.97. The van der Waals surface area contributed by atoms with Gasteiger partial charge in [-0.1, -0.05) is 6.07 Å².